The van der Waals surface area contributed by atoms with Crippen LogP contribution in [0.2, 0.25) is 0 Å². The summed E-state index contributed by atoms with van der Waals surface area (Å²) in [5, 5.41) is 10.1. The minimum atomic E-state index is -0.558. The number of carbonyl (C=O) groups is 2. The number of benzene rings is 1. The molecule has 2 amide bonds. The molecule has 23 heavy (non-hydrogen) atoms. The lowest BCUT2D eigenvalue weighted by molar-refractivity contribution is -0.134. The third kappa shape index (κ3) is 3.32. The summed E-state index contributed by atoms with van der Waals surface area (Å²) in [4.78, 5) is 28.7. The molecule has 1 aliphatic heterocycles. The van der Waals surface area contributed by atoms with Crippen molar-refractivity contribution in [2.45, 2.75) is 39.3 Å². The molecule has 1 aromatic rings. The van der Waals surface area contributed by atoms with E-state index < -0.39 is 6.04 Å². The van der Waals surface area contributed by atoms with Crippen LogP contribution in [0.4, 0.5) is 0 Å². The smallest absolute Gasteiger partial charge is 0.258 e. The van der Waals surface area contributed by atoms with E-state index in [2.05, 4.69) is 0 Å². The topological polar surface area (TPSA) is 86.9 Å². The Bertz CT molecular complexity index is 599. The maximum atomic E-state index is 12.8. The number of amides is 2. The molecule has 1 fully saturated rings. The molecule has 0 aromatic heterocycles. The van der Waals surface area contributed by atoms with E-state index in [1.54, 1.807) is 30.0 Å². The molecule has 1 heterocycles. The molecule has 1 aromatic carbocycles. The van der Waals surface area contributed by atoms with Crippen molar-refractivity contribution in [2.24, 2.45) is 5.73 Å². The third-order valence-corrected chi connectivity index (χ3v) is 4.42. The molecule has 0 spiro atoms. The SMILES string of the molecule is CCN(CC)C(=O)C1CC(N)CN1C(=O)c1cccc(C)c1O. The summed E-state index contributed by atoms with van der Waals surface area (Å²) in [6.45, 7) is 7.07. The van der Waals surface area contributed by atoms with Crippen molar-refractivity contribution in [2.75, 3.05) is 19.6 Å². The molecule has 2 atom stereocenters. The number of phenols is 1. The van der Waals surface area contributed by atoms with Crippen LogP contribution in [0.25, 0.3) is 0 Å². The second-order valence-electron chi connectivity index (χ2n) is 5.95. The van der Waals surface area contributed by atoms with Gasteiger partial charge in [0, 0.05) is 25.7 Å². The highest BCUT2D eigenvalue weighted by atomic mass is 16.3. The molecule has 6 heteroatoms. The van der Waals surface area contributed by atoms with Crippen molar-refractivity contribution in [3.8, 4) is 5.75 Å². The molecule has 0 saturated carbocycles. The molecule has 2 unspecified atom stereocenters. The van der Waals surface area contributed by atoms with Crippen molar-refractivity contribution in [1.29, 1.82) is 0 Å². The Morgan fingerprint density at radius 1 is 1.35 bits per heavy atom. The van der Waals surface area contributed by atoms with Crippen LogP contribution in [0.3, 0.4) is 0 Å². The first-order chi connectivity index (χ1) is 10.9. The van der Waals surface area contributed by atoms with E-state index >= 15 is 0 Å². The van der Waals surface area contributed by atoms with Gasteiger partial charge >= 0.3 is 0 Å². The van der Waals surface area contributed by atoms with Gasteiger partial charge in [0.1, 0.15) is 11.8 Å². The first-order valence-electron chi connectivity index (χ1n) is 8.04. The zero-order valence-electron chi connectivity index (χ0n) is 14.0. The number of carbonyl (C=O) groups excluding carboxylic acids is 2. The number of nitrogens with zero attached hydrogens (tertiary/aromatic N) is 2. The number of likely N-dealkylation sites (N-methyl/N-ethyl adjacent to an activating group) is 1. The number of nitrogens with two attached hydrogens (primary N) is 1. The van der Waals surface area contributed by atoms with Gasteiger partial charge in [0.25, 0.3) is 5.91 Å². The predicted octanol–water partition coefficient (Wildman–Crippen LogP) is 1.11. The quantitative estimate of drug-likeness (QED) is 0.870. The molecule has 6 nitrogen and oxygen atoms in total. The van der Waals surface area contributed by atoms with E-state index in [9.17, 15) is 14.7 Å². The Labute approximate surface area is 136 Å². The summed E-state index contributed by atoms with van der Waals surface area (Å²) in [6.07, 6.45) is 0.452. The molecule has 2 rings (SSSR count). The maximum Gasteiger partial charge on any atom is 0.258 e. The number of para-hydroxylation sites is 1. The lowest BCUT2D eigenvalue weighted by atomic mass is 10.1. The van der Waals surface area contributed by atoms with Crippen LogP contribution >= 0.6 is 0 Å². The predicted molar refractivity (Wildman–Crippen MR) is 88.2 cm³/mol. The highest BCUT2D eigenvalue weighted by Gasteiger charge is 2.40. The Morgan fingerprint density at radius 3 is 2.61 bits per heavy atom. The molecular weight excluding hydrogens is 294 g/mol. The van der Waals surface area contributed by atoms with E-state index in [-0.39, 0.29) is 29.2 Å². The zero-order chi connectivity index (χ0) is 17.1. The highest BCUT2D eigenvalue weighted by molar-refractivity contribution is 6.00. The van der Waals surface area contributed by atoms with Gasteiger partial charge in [0.05, 0.1) is 5.56 Å². The number of rotatable bonds is 4. The lowest BCUT2D eigenvalue weighted by Crippen LogP contribution is -2.47. The van der Waals surface area contributed by atoms with E-state index in [1.165, 1.54) is 4.90 Å². The average molecular weight is 319 g/mol. The summed E-state index contributed by atoms with van der Waals surface area (Å²) in [6, 6.07) is 4.25. The molecular formula is C17H25N3O3. The molecule has 0 radical (unpaired) electrons. The number of likely N-dealkylation sites (tertiary alicyclic amines) is 1. The normalized spacial score (nSPS) is 20.6. The van der Waals surface area contributed by atoms with Crippen molar-refractivity contribution >= 4 is 11.8 Å². The largest absolute Gasteiger partial charge is 0.507 e. The monoisotopic (exact) mass is 319 g/mol. The number of phenolic OH excluding ortho intramolecular Hbond substituents is 1. The van der Waals surface area contributed by atoms with Crippen LogP contribution in [-0.4, -0.2) is 58.4 Å². The minimum Gasteiger partial charge on any atom is -0.507 e. The number of aromatic hydroxyl groups is 1. The van der Waals surface area contributed by atoms with Gasteiger partial charge in [0.15, 0.2) is 0 Å². The van der Waals surface area contributed by atoms with Crippen LogP contribution in [0.1, 0.15) is 36.2 Å². The van der Waals surface area contributed by atoms with Crippen LogP contribution < -0.4 is 5.73 Å². The first-order valence-corrected chi connectivity index (χ1v) is 8.04. The average Bonchev–Trinajstić information content (AvgIpc) is 2.92. The van der Waals surface area contributed by atoms with Gasteiger partial charge in [-0.3, -0.25) is 9.59 Å². The maximum absolute atomic E-state index is 12.8. The Balaban J connectivity index is 2.30. The van der Waals surface area contributed by atoms with Crippen molar-refractivity contribution in [1.82, 2.24) is 9.80 Å². The van der Waals surface area contributed by atoms with Gasteiger partial charge in [0.2, 0.25) is 5.91 Å². The van der Waals surface area contributed by atoms with E-state index in [0.29, 0.717) is 31.6 Å². The Morgan fingerprint density at radius 2 is 2.00 bits per heavy atom. The minimum absolute atomic E-state index is 0.0352. The highest BCUT2D eigenvalue weighted by Crippen LogP contribution is 2.27. The van der Waals surface area contributed by atoms with Crippen LogP contribution in [0, 0.1) is 6.92 Å². The van der Waals surface area contributed by atoms with Gasteiger partial charge < -0.3 is 20.6 Å². The van der Waals surface area contributed by atoms with Crippen molar-refractivity contribution in [3.63, 3.8) is 0 Å². The lowest BCUT2D eigenvalue weighted by Gasteiger charge is -2.29. The molecule has 1 aliphatic rings. The summed E-state index contributed by atoms with van der Waals surface area (Å²) < 4.78 is 0. The fourth-order valence-corrected chi connectivity index (χ4v) is 3.06. The van der Waals surface area contributed by atoms with Gasteiger partial charge in [-0.1, -0.05) is 12.1 Å². The van der Waals surface area contributed by atoms with Crippen molar-refractivity contribution < 1.29 is 14.7 Å². The van der Waals surface area contributed by atoms with Crippen molar-refractivity contribution in [3.05, 3.63) is 29.3 Å². The molecule has 0 bridgehead atoms. The van der Waals surface area contributed by atoms with E-state index in [0.717, 1.165) is 0 Å². The first kappa shape index (κ1) is 17.3. The summed E-state index contributed by atoms with van der Waals surface area (Å²) in [5.74, 6) is -0.458. The second-order valence-corrected chi connectivity index (χ2v) is 5.95. The molecule has 3 N–H and O–H groups in total. The van der Waals surface area contributed by atoms with Crippen LogP contribution in [0.5, 0.6) is 5.75 Å². The van der Waals surface area contributed by atoms with Crippen LogP contribution in [0.15, 0.2) is 18.2 Å². The second kappa shape index (κ2) is 7.00. The van der Waals surface area contributed by atoms with Gasteiger partial charge in [-0.2, -0.15) is 0 Å². The summed E-state index contributed by atoms with van der Waals surface area (Å²) in [5.41, 5.74) is 6.84. The number of aryl methyl sites for hydroxylation is 1. The van der Waals surface area contributed by atoms with E-state index in [4.69, 9.17) is 5.73 Å². The zero-order valence-corrected chi connectivity index (χ0v) is 14.0. The number of hydrogen-bond donors (Lipinski definition) is 2. The van der Waals surface area contributed by atoms with Gasteiger partial charge in [-0.15, -0.1) is 0 Å². The molecule has 0 aliphatic carbocycles. The fourth-order valence-electron chi connectivity index (χ4n) is 3.06. The Kier molecular flexibility index (Phi) is 5.26. The third-order valence-electron chi connectivity index (χ3n) is 4.42. The Hall–Kier alpha value is -2.08. The van der Waals surface area contributed by atoms with Crippen LogP contribution in [-0.2, 0) is 4.79 Å². The van der Waals surface area contributed by atoms with E-state index in [1.807, 2.05) is 13.8 Å². The van der Waals surface area contributed by atoms with Gasteiger partial charge in [-0.05, 0) is 38.8 Å². The fraction of sp³-hybridized carbons (Fsp3) is 0.529. The summed E-state index contributed by atoms with van der Waals surface area (Å²) >= 11 is 0. The molecule has 126 valence electrons. The standard InChI is InChI=1S/C17H25N3O3/c1-4-19(5-2)17(23)14-9-12(18)10-20(14)16(22)13-8-6-7-11(3)15(13)21/h6-8,12,14,21H,4-5,9-10,18H2,1-3H3. The molecule has 1 saturated heterocycles. The summed E-state index contributed by atoms with van der Waals surface area (Å²) in [7, 11) is 0. The number of hydrogen-bond acceptors (Lipinski definition) is 4. The van der Waals surface area contributed by atoms with Gasteiger partial charge in [-0.25, -0.2) is 0 Å².